The molecule has 192 valence electrons. The molecule has 38 heavy (non-hydrogen) atoms. The molecule has 0 saturated carbocycles. The van der Waals surface area contributed by atoms with E-state index in [2.05, 4.69) is 35.1 Å². The van der Waals surface area contributed by atoms with Crippen LogP contribution < -0.4 is 9.46 Å². The Morgan fingerprint density at radius 1 is 0.816 bits per heavy atom. The van der Waals surface area contributed by atoms with E-state index in [0.29, 0.717) is 5.75 Å². The lowest BCUT2D eigenvalue weighted by Gasteiger charge is -2.22. The van der Waals surface area contributed by atoms with Crippen molar-refractivity contribution in [3.8, 4) is 5.75 Å². The van der Waals surface area contributed by atoms with Crippen molar-refractivity contribution in [3.63, 3.8) is 0 Å². The van der Waals surface area contributed by atoms with Crippen LogP contribution in [0, 0.1) is 0 Å². The van der Waals surface area contributed by atoms with Gasteiger partial charge in [-0.05, 0) is 53.0 Å². The smallest absolute Gasteiger partial charge is 0.264 e. The fourth-order valence-corrected chi connectivity index (χ4v) is 5.27. The molecule has 0 bridgehead atoms. The van der Waals surface area contributed by atoms with Gasteiger partial charge in [0.2, 0.25) is 0 Å². The third kappa shape index (κ3) is 6.47. The predicted molar refractivity (Wildman–Crippen MR) is 152 cm³/mol. The molecule has 0 heterocycles. The third-order valence-electron chi connectivity index (χ3n) is 6.15. The van der Waals surface area contributed by atoms with Crippen LogP contribution in [0.15, 0.2) is 126 Å². The van der Waals surface area contributed by atoms with Crippen molar-refractivity contribution >= 4 is 27.6 Å². The van der Waals surface area contributed by atoms with E-state index in [-0.39, 0.29) is 10.8 Å². The topological polar surface area (TPSA) is 72.5 Å². The number of hydrogen-bond acceptors (Lipinski definition) is 4. The highest BCUT2D eigenvalue weighted by molar-refractivity contribution is 7.90. The molecule has 0 aromatic heterocycles. The van der Waals surface area contributed by atoms with Crippen molar-refractivity contribution in [2.75, 3.05) is 7.11 Å². The minimum atomic E-state index is -4.02. The molecule has 6 heteroatoms. The van der Waals surface area contributed by atoms with Gasteiger partial charge in [0.25, 0.3) is 15.9 Å². The average Bonchev–Trinajstić information content (AvgIpc) is 2.96. The molecule has 0 aliphatic heterocycles. The van der Waals surface area contributed by atoms with Crippen LogP contribution in [0.5, 0.6) is 5.75 Å². The first kappa shape index (κ1) is 26.6. The third-order valence-corrected chi connectivity index (χ3v) is 7.49. The summed E-state index contributed by atoms with van der Waals surface area (Å²) in [5.74, 6) is -0.324. The number of nitrogens with one attached hydrogen (secondary N) is 1. The number of hydrogen-bond donors (Lipinski definition) is 1. The Morgan fingerprint density at radius 2 is 1.45 bits per heavy atom. The molecule has 1 amide bonds. The van der Waals surface area contributed by atoms with Gasteiger partial charge < -0.3 is 4.74 Å². The first-order chi connectivity index (χ1) is 18.4. The van der Waals surface area contributed by atoms with E-state index in [1.165, 1.54) is 36.5 Å². The lowest BCUT2D eigenvalue weighted by Crippen LogP contribution is -2.28. The Morgan fingerprint density at radius 3 is 2.08 bits per heavy atom. The molecule has 4 aromatic carbocycles. The number of methoxy groups -OCH3 is 1. The Hall–Kier alpha value is -4.42. The normalized spacial score (nSPS) is 12.7. The van der Waals surface area contributed by atoms with Gasteiger partial charge in [0.1, 0.15) is 5.75 Å². The fraction of sp³-hybridized carbons (Fsp3) is 0.0938. The Balaban J connectivity index is 1.54. The van der Waals surface area contributed by atoms with E-state index in [1.54, 1.807) is 18.2 Å². The highest BCUT2D eigenvalue weighted by Crippen LogP contribution is 2.37. The Labute approximate surface area is 224 Å². The van der Waals surface area contributed by atoms with Crippen molar-refractivity contribution in [3.05, 3.63) is 144 Å². The SMILES string of the molecule is CC=C(c1ccccc1)C(c1ccccc1)c1ccc(C=CC(=O)NS(=O)(=O)c2cccc(OC)c2)cc1. The van der Waals surface area contributed by atoms with Crippen molar-refractivity contribution < 1.29 is 17.9 Å². The molecule has 4 rings (SSSR count). The minimum Gasteiger partial charge on any atom is -0.497 e. The Bertz CT molecular complexity index is 1540. The zero-order valence-corrected chi connectivity index (χ0v) is 22.1. The molecule has 0 saturated heterocycles. The zero-order chi connectivity index (χ0) is 27.0. The summed E-state index contributed by atoms with van der Waals surface area (Å²) >= 11 is 0. The molecule has 1 unspecified atom stereocenters. The van der Waals surface area contributed by atoms with Crippen LogP contribution in [0.25, 0.3) is 11.6 Å². The second-order valence-electron chi connectivity index (χ2n) is 8.60. The lowest BCUT2D eigenvalue weighted by atomic mass is 9.81. The summed E-state index contributed by atoms with van der Waals surface area (Å²) < 4.78 is 32.3. The molecular weight excluding hydrogens is 494 g/mol. The van der Waals surface area contributed by atoms with Gasteiger partial charge in [-0.1, -0.05) is 97.1 Å². The molecule has 0 aliphatic carbocycles. The van der Waals surface area contributed by atoms with Crippen LogP contribution in [-0.4, -0.2) is 21.4 Å². The number of amides is 1. The number of carbonyl (C=O) groups is 1. The number of sulfonamides is 1. The Kier molecular flexibility index (Phi) is 8.56. The fourth-order valence-electron chi connectivity index (χ4n) is 4.29. The maximum absolute atomic E-state index is 12.6. The minimum absolute atomic E-state index is 0.0259. The van der Waals surface area contributed by atoms with E-state index >= 15 is 0 Å². The van der Waals surface area contributed by atoms with Crippen LogP contribution in [0.4, 0.5) is 0 Å². The highest BCUT2D eigenvalue weighted by atomic mass is 32.2. The average molecular weight is 524 g/mol. The summed E-state index contributed by atoms with van der Waals surface area (Å²) in [5.41, 5.74) is 5.41. The van der Waals surface area contributed by atoms with Gasteiger partial charge in [0, 0.05) is 18.1 Å². The summed E-state index contributed by atoms with van der Waals surface area (Å²) in [6.45, 7) is 2.05. The van der Waals surface area contributed by atoms with Gasteiger partial charge >= 0.3 is 0 Å². The summed E-state index contributed by atoms with van der Waals surface area (Å²) in [6, 6.07) is 34.5. The van der Waals surface area contributed by atoms with Crippen LogP contribution >= 0.6 is 0 Å². The first-order valence-electron chi connectivity index (χ1n) is 12.2. The van der Waals surface area contributed by atoms with Gasteiger partial charge in [-0.25, -0.2) is 13.1 Å². The molecule has 0 fully saturated rings. The van der Waals surface area contributed by atoms with Crippen molar-refractivity contribution in [2.45, 2.75) is 17.7 Å². The second-order valence-corrected chi connectivity index (χ2v) is 10.3. The molecule has 0 aliphatic rings. The molecule has 5 nitrogen and oxygen atoms in total. The standard InChI is InChI=1S/C32H29NO4S/c1-3-30(25-11-6-4-7-12-25)32(26-13-8-5-9-14-26)27-20-17-24(18-21-27)19-22-31(34)33-38(35,36)29-16-10-15-28(23-29)37-2/h3-23,32H,1-2H3,(H,33,34). The number of carbonyl (C=O) groups excluding carboxylic acids is 1. The van der Waals surface area contributed by atoms with E-state index in [9.17, 15) is 13.2 Å². The molecule has 4 aromatic rings. The maximum atomic E-state index is 12.6. The molecule has 1 N–H and O–H groups in total. The van der Waals surface area contributed by atoms with Gasteiger partial charge in [0.15, 0.2) is 0 Å². The predicted octanol–water partition coefficient (Wildman–Crippen LogP) is 6.45. The zero-order valence-electron chi connectivity index (χ0n) is 21.2. The highest BCUT2D eigenvalue weighted by Gasteiger charge is 2.20. The van der Waals surface area contributed by atoms with Crippen molar-refractivity contribution in [1.82, 2.24) is 4.72 Å². The van der Waals surface area contributed by atoms with Crippen molar-refractivity contribution in [1.29, 1.82) is 0 Å². The number of allylic oxidation sites excluding steroid dienone is 2. The van der Waals surface area contributed by atoms with Crippen LogP contribution in [-0.2, 0) is 14.8 Å². The molecule has 1 atom stereocenters. The first-order valence-corrected chi connectivity index (χ1v) is 13.6. The molecular formula is C32H29NO4S. The van der Waals surface area contributed by atoms with Gasteiger partial charge in [-0.3, -0.25) is 4.79 Å². The summed E-state index contributed by atoms with van der Waals surface area (Å²) in [6.07, 6.45) is 4.95. The largest absolute Gasteiger partial charge is 0.497 e. The van der Waals surface area contributed by atoms with Crippen LogP contribution in [0.1, 0.15) is 35.1 Å². The molecule has 0 spiro atoms. The van der Waals surface area contributed by atoms with Crippen molar-refractivity contribution in [2.24, 2.45) is 0 Å². The van der Waals surface area contributed by atoms with E-state index in [0.717, 1.165) is 16.7 Å². The molecule has 0 radical (unpaired) electrons. The van der Waals surface area contributed by atoms with Crippen LogP contribution in [0.2, 0.25) is 0 Å². The van der Waals surface area contributed by atoms with Gasteiger partial charge in [-0.15, -0.1) is 0 Å². The van der Waals surface area contributed by atoms with E-state index in [1.807, 2.05) is 67.6 Å². The number of benzene rings is 4. The number of rotatable bonds is 9. The lowest BCUT2D eigenvalue weighted by molar-refractivity contribution is -0.114. The summed E-state index contributed by atoms with van der Waals surface area (Å²) in [4.78, 5) is 12.3. The summed E-state index contributed by atoms with van der Waals surface area (Å²) in [5, 5.41) is 0. The van der Waals surface area contributed by atoms with Gasteiger partial charge in [-0.2, -0.15) is 0 Å². The number of ether oxygens (including phenoxy) is 1. The summed E-state index contributed by atoms with van der Waals surface area (Å²) in [7, 11) is -2.58. The van der Waals surface area contributed by atoms with E-state index < -0.39 is 15.9 Å². The van der Waals surface area contributed by atoms with Crippen LogP contribution in [0.3, 0.4) is 0 Å². The monoisotopic (exact) mass is 523 g/mol. The quantitative estimate of drug-likeness (QED) is 0.256. The van der Waals surface area contributed by atoms with Gasteiger partial charge in [0.05, 0.1) is 12.0 Å². The van der Waals surface area contributed by atoms with E-state index in [4.69, 9.17) is 4.74 Å². The maximum Gasteiger partial charge on any atom is 0.264 e. The second kappa shape index (κ2) is 12.2.